The Morgan fingerprint density at radius 1 is 0.297 bits per heavy atom. The average Bonchev–Trinajstić information content (AvgIpc) is 3.60. The molecule has 0 bridgehead atoms. The van der Waals surface area contributed by atoms with Gasteiger partial charge in [-0.15, -0.1) is 0 Å². The maximum absolute atomic E-state index is 13.1. The predicted molar refractivity (Wildman–Crippen MR) is 368 cm³/mol. The number of aliphatic hydroxyl groups is 1. The molecule has 0 amide bonds. The van der Waals surface area contributed by atoms with Crippen molar-refractivity contribution in [2.75, 3.05) is 39.6 Å². The van der Waals surface area contributed by atoms with Gasteiger partial charge in [-0.25, -0.2) is 9.13 Å². The van der Waals surface area contributed by atoms with Crippen LogP contribution in [0.5, 0.6) is 0 Å². The van der Waals surface area contributed by atoms with E-state index in [1.165, 1.54) is 167 Å². The van der Waals surface area contributed by atoms with Crippen LogP contribution in [0.25, 0.3) is 0 Å². The Hall–Kier alpha value is -1.94. The van der Waals surface area contributed by atoms with Crippen LogP contribution in [0.4, 0.5) is 0 Å². The maximum atomic E-state index is 13.1. The highest BCUT2D eigenvalue weighted by Gasteiger charge is 2.30. The molecule has 0 aliphatic heterocycles. The number of ether oxygens (including phenoxy) is 4. The Morgan fingerprint density at radius 3 is 0.747 bits per heavy atom. The zero-order valence-electron chi connectivity index (χ0n) is 59.3. The predicted octanol–water partition coefficient (Wildman–Crippen LogP) is 20.6. The first-order valence-electron chi connectivity index (χ1n) is 37.3. The van der Waals surface area contributed by atoms with Crippen molar-refractivity contribution in [2.24, 2.45) is 17.8 Å². The van der Waals surface area contributed by atoms with E-state index in [4.69, 9.17) is 37.0 Å². The molecule has 0 aromatic carbocycles. The number of unbranched alkanes of at least 4 members (excludes halogenated alkanes) is 38. The van der Waals surface area contributed by atoms with Gasteiger partial charge in [-0.05, 0) is 43.4 Å². The fourth-order valence-corrected chi connectivity index (χ4v) is 12.5. The highest BCUT2D eigenvalue weighted by molar-refractivity contribution is 7.47. The minimum absolute atomic E-state index is 0.102. The van der Waals surface area contributed by atoms with Crippen LogP contribution in [0.3, 0.4) is 0 Å². The van der Waals surface area contributed by atoms with Crippen molar-refractivity contribution >= 4 is 39.5 Å². The molecule has 0 saturated heterocycles. The van der Waals surface area contributed by atoms with Crippen LogP contribution in [-0.4, -0.2) is 96.7 Å². The Balaban J connectivity index is 5.12. The van der Waals surface area contributed by atoms with Gasteiger partial charge in [-0.1, -0.05) is 312 Å². The minimum Gasteiger partial charge on any atom is -0.462 e. The van der Waals surface area contributed by atoms with Gasteiger partial charge < -0.3 is 33.8 Å². The van der Waals surface area contributed by atoms with E-state index in [1.54, 1.807) is 0 Å². The van der Waals surface area contributed by atoms with Gasteiger partial charge in [0.05, 0.1) is 26.4 Å². The fraction of sp³-hybridized carbons (Fsp3) is 0.944. The lowest BCUT2D eigenvalue weighted by atomic mass is 10.0. The Labute approximate surface area is 556 Å². The average molecular weight is 1340 g/mol. The van der Waals surface area contributed by atoms with Gasteiger partial charge in [0.25, 0.3) is 0 Å². The zero-order valence-corrected chi connectivity index (χ0v) is 61.1. The number of esters is 4. The molecule has 0 aliphatic carbocycles. The third-order valence-corrected chi connectivity index (χ3v) is 18.5. The summed E-state index contributed by atoms with van der Waals surface area (Å²) in [6, 6.07) is 0. The molecule has 2 unspecified atom stereocenters. The Morgan fingerprint density at radius 2 is 0.505 bits per heavy atom. The molecule has 0 aromatic heterocycles. The molecular weight excluding hydrogens is 1200 g/mol. The Kier molecular flexibility index (Phi) is 61.5. The van der Waals surface area contributed by atoms with Crippen molar-refractivity contribution in [1.29, 1.82) is 0 Å². The smallest absolute Gasteiger partial charge is 0.462 e. The summed E-state index contributed by atoms with van der Waals surface area (Å²) in [6.45, 7) is 11.8. The number of phosphoric ester groups is 2. The molecule has 0 saturated carbocycles. The highest BCUT2D eigenvalue weighted by Crippen LogP contribution is 2.45. The first kappa shape index (κ1) is 89.1. The van der Waals surface area contributed by atoms with E-state index in [-0.39, 0.29) is 25.7 Å². The normalized spacial score (nSPS) is 14.2. The maximum Gasteiger partial charge on any atom is 0.472 e. The van der Waals surface area contributed by atoms with Crippen molar-refractivity contribution < 1.29 is 80.2 Å². The van der Waals surface area contributed by atoms with Crippen molar-refractivity contribution in [3.8, 4) is 0 Å². The largest absolute Gasteiger partial charge is 0.472 e. The van der Waals surface area contributed by atoms with E-state index in [1.807, 2.05) is 0 Å². The molecule has 0 fully saturated rings. The van der Waals surface area contributed by atoms with Crippen molar-refractivity contribution in [2.45, 2.75) is 381 Å². The van der Waals surface area contributed by atoms with Gasteiger partial charge in [-0.2, -0.15) is 0 Å². The number of hydrogen-bond acceptors (Lipinski definition) is 15. The third kappa shape index (κ3) is 66.5. The van der Waals surface area contributed by atoms with E-state index in [0.29, 0.717) is 31.6 Å². The molecule has 91 heavy (non-hydrogen) atoms. The molecule has 0 aliphatic rings. The first-order chi connectivity index (χ1) is 43.7. The molecule has 5 atom stereocenters. The summed E-state index contributed by atoms with van der Waals surface area (Å²) in [5, 5.41) is 10.6. The molecule has 3 N–H and O–H groups in total. The zero-order chi connectivity index (χ0) is 67.3. The number of carbonyl (C=O) groups excluding carboxylic acids is 4. The van der Waals surface area contributed by atoms with Crippen LogP contribution in [-0.2, 0) is 65.4 Å². The summed E-state index contributed by atoms with van der Waals surface area (Å²) in [5.74, 6) is 0.161. The molecule has 0 heterocycles. The summed E-state index contributed by atoms with van der Waals surface area (Å²) in [5.41, 5.74) is 0. The summed E-state index contributed by atoms with van der Waals surface area (Å²) < 4.78 is 68.1. The lowest BCUT2D eigenvalue weighted by Gasteiger charge is -2.21. The SMILES string of the molecule is CCCCCCCC(=O)OC[C@H](COP(=O)(O)OC[C@H](O)COP(=O)(O)OC[C@@H](COC(=O)CCCCCCCCCCCCCCC(C)C)OC(=O)CCCCCCCCCCCCCCCCCCCCC(C)C)OC(=O)CCCCCCCCCC(C)C. The molecule has 0 radical (unpaired) electrons. The summed E-state index contributed by atoms with van der Waals surface area (Å²) >= 11 is 0. The van der Waals surface area contributed by atoms with Crippen molar-refractivity contribution in [3.05, 3.63) is 0 Å². The van der Waals surface area contributed by atoms with Gasteiger partial charge in [0.15, 0.2) is 12.2 Å². The molecule has 0 aromatic rings. The number of rotatable bonds is 70. The van der Waals surface area contributed by atoms with E-state index >= 15 is 0 Å². The lowest BCUT2D eigenvalue weighted by molar-refractivity contribution is -0.161. The Bertz CT molecular complexity index is 1780. The van der Waals surface area contributed by atoms with E-state index in [9.17, 15) is 43.2 Å². The van der Waals surface area contributed by atoms with Crippen LogP contribution >= 0.6 is 15.6 Å². The van der Waals surface area contributed by atoms with Crippen LogP contribution < -0.4 is 0 Å². The molecule has 0 rings (SSSR count). The lowest BCUT2D eigenvalue weighted by Crippen LogP contribution is -2.30. The topological polar surface area (TPSA) is 237 Å². The van der Waals surface area contributed by atoms with Crippen molar-refractivity contribution in [1.82, 2.24) is 0 Å². The second-order valence-corrected chi connectivity index (χ2v) is 30.3. The van der Waals surface area contributed by atoms with Crippen LogP contribution in [0.2, 0.25) is 0 Å². The van der Waals surface area contributed by atoms with Crippen LogP contribution in [0.1, 0.15) is 363 Å². The van der Waals surface area contributed by atoms with E-state index < -0.39 is 97.5 Å². The number of phosphoric acid groups is 2. The summed E-state index contributed by atoms with van der Waals surface area (Å²) in [6.07, 6.45) is 47.8. The van der Waals surface area contributed by atoms with Gasteiger partial charge in [0, 0.05) is 25.7 Å². The molecule has 19 heteroatoms. The standard InChI is InChI=1S/C72H140O17P2/c1-8-9-10-36-46-53-69(74)82-59-67(88-72(77)56-49-42-35-29-32-39-45-52-65(6)7)61-86-90(78,79)84-57-66(73)58-85-91(80,81)87-62-68(60-83-70(75)54-47-40-33-27-23-20-19-22-26-31-38-44-51-64(4)5)89-71(76)55-48-41-34-28-24-18-16-14-12-11-13-15-17-21-25-30-37-43-50-63(2)3/h63-68,73H,8-62H2,1-7H3,(H,78,79)(H,80,81)/t66-,67+,68+/m0/s1. The van der Waals surface area contributed by atoms with Gasteiger partial charge in [0.1, 0.15) is 19.3 Å². The second kappa shape index (κ2) is 62.8. The quantitative estimate of drug-likeness (QED) is 0.0222. The van der Waals surface area contributed by atoms with Crippen molar-refractivity contribution in [3.63, 3.8) is 0 Å². The van der Waals surface area contributed by atoms with E-state index in [0.717, 1.165) is 108 Å². The number of carbonyl (C=O) groups is 4. The molecular formula is C72H140O17P2. The number of hydrogen-bond donors (Lipinski definition) is 3. The third-order valence-electron chi connectivity index (χ3n) is 16.6. The van der Waals surface area contributed by atoms with Gasteiger partial charge in [-0.3, -0.25) is 37.3 Å². The summed E-state index contributed by atoms with van der Waals surface area (Å²) in [7, 11) is -9.89. The fourth-order valence-electron chi connectivity index (χ4n) is 10.9. The van der Waals surface area contributed by atoms with Gasteiger partial charge >= 0.3 is 39.5 Å². The molecule has 0 spiro atoms. The second-order valence-electron chi connectivity index (χ2n) is 27.4. The summed E-state index contributed by atoms with van der Waals surface area (Å²) in [4.78, 5) is 72.3. The van der Waals surface area contributed by atoms with Crippen LogP contribution in [0, 0.1) is 17.8 Å². The first-order valence-corrected chi connectivity index (χ1v) is 40.3. The highest BCUT2D eigenvalue weighted by atomic mass is 31.2. The van der Waals surface area contributed by atoms with Crippen LogP contribution in [0.15, 0.2) is 0 Å². The minimum atomic E-state index is -4.95. The monoisotopic (exact) mass is 1340 g/mol. The van der Waals surface area contributed by atoms with E-state index in [2.05, 4.69) is 48.5 Å². The molecule has 540 valence electrons. The van der Waals surface area contributed by atoms with Gasteiger partial charge in [0.2, 0.25) is 0 Å². The number of aliphatic hydroxyl groups excluding tert-OH is 1. The molecule has 17 nitrogen and oxygen atoms in total.